The molecule has 1 heterocycles. The fourth-order valence-corrected chi connectivity index (χ4v) is 2.97. The van der Waals surface area contributed by atoms with Gasteiger partial charge in [0.1, 0.15) is 5.75 Å². The van der Waals surface area contributed by atoms with Crippen LogP contribution in [0.2, 0.25) is 10.0 Å². The van der Waals surface area contributed by atoms with E-state index in [-0.39, 0.29) is 12.3 Å². The van der Waals surface area contributed by atoms with E-state index in [1.54, 1.807) is 41.9 Å². The second-order valence-electron chi connectivity index (χ2n) is 6.08. The van der Waals surface area contributed by atoms with Crippen LogP contribution in [0.3, 0.4) is 0 Å². The van der Waals surface area contributed by atoms with Crippen molar-refractivity contribution in [3.63, 3.8) is 0 Å². The maximum absolute atomic E-state index is 12.7. The zero-order chi connectivity index (χ0) is 20.3. The average Bonchev–Trinajstić information content (AvgIpc) is 3.05. The lowest BCUT2D eigenvalue weighted by atomic mass is 10.2. The largest absolute Gasteiger partial charge is 0.495 e. The molecule has 0 atom stereocenters. The molecule has 0 aliphatic rings. The maximum atomic E-state index is 12.7. The predicted octanol–water partition coefficient (Wildman–Crippen LogP) is 3.69. The van der Waals surface area contributed by atoms with Gasteiger partial charge in [-0.3, -0.25) is 4.79 Å². The van der Waals surface area contributed by atoms with Crippen LogP contribution in [0.4, 0.5) is 5.69 Å². The number of amides is 1. The number of methoxy groups -OCH3 is 1. The molecule has 28 heavy (non-hydrogen) atoms. The Balaban J connectivity index is 1.79. The molecule has 0 bridgehead atoms. The van der Waals surface area contributed by atoms with Gasteiger partial charge < -0.3 is 15.2 Å². The summed E-state index contributed by atoms with van der Waals surface area (Å²) in [7, 11) is 1.49. The molecule has 0 unspecified atom stereocenters. The van der Waals surface area contributed by atoms with Gasteiger partial charge in [0.2, 0.25) is 0 Å². The van der Waals surface area contributed by atoms with Crippen LogP contribution in [0.1, 0.15) is 27.3 Å². The lowest BCUT2D eigenvalue weighted by Gasteiger charge is -2.11. The van der Waals surface area contributed by atoms with Gasteiger partial charge in [0.05, 0.1) is 41.7 Å². The van der Waals surface area contributed by atoms with E-state index in [0.29, 0.717) is 39.3 Å². The van der Waals surface area contributed by atoms with Crippen molar-refractivity contribution < 1.29 is 14.6 Å². The van der Waals surface area contributed by atoms with Gasteiger partial charge >= 0.3 is 0 Å². The zero-order valence-corrected chi connectivity index (χ0v) is 16.8. The second kappa shape index (κ2) is 8.60. The first kappa shape index (κ1) is 20.1. The Morgan fingerprint density at radius 2 is 1.93 bits per heavy atom. The van der Waals surface area contributed by atoms with E-state index in [2.05, 4.69) is 15.6 Å². The Bertz CT molecular complexity index is 1020. The Kier molecular flexibility index (Phi) is 6.18. The SMILES string of the molecule is COc1cc(CO)ccc1NC(=O)c1nnn(Cc2ccc(Cl)c(Cl)c2)c1C. The summed E-state index contributed by atoms with van der Waals surface area (Å²) in [5.41, 5.74) is 2.85. The van der Waals surface area contributed by atoms with E-state index in [1.807, 2.05) is 6.07 Å². The van der Waals surface area contributed by atoms with Gasteiger partial charge in [-0.1, -0.05) is 40.5 Å². The number of anilines is 1. The molecule has 9 heteroatoms. The first-order chi connectivity index (χ1) is 13.4. The van der Waals surface area contributed by atoms with E-state index in [9.17, 15) is 9.90 Å². The highest BCUT2D eigenvalue weighted by atomic mass is 35.5. The topological polar surface area (TPSA) is 89.3 Å². The van der Waals surface area contributed by atoms with Gasteiger partial charge in [-0.2, -0.15) is 0 Å². The first-order valence-electron chi connectivity index (χ1n) is 8.36. The molecule has 2 aromatic carbocycles. The molecule has 3 aromatic rings. The average molecular weight is 421 g/mol. The van der Waals surface area contributed by atoms with Crippen molar-refractivity contribution in [2.75, 3.05) is 12.4 Å². The summed E-state index contributed by atoms with van der Waals surface area (Å²) in [6.45, 7) is 2.04. The summed E-state index contributed by atoms with van der Waals surface area (Å²) in [6.07, 6.45) is 0. The molecule has 7 nitrogen and oxygen atoms in total. The van der Waals surface area contributed by atoms with Gasteiger partial charge in [-0.05, 0) is 42.3 Å². The fraction of sp³-hybridized carbons (Fsp3) is 0.211. The van der Waals surface area contributed by atoms with Crippen LogP contribution < -0.4 is 10.1 Å². The number of aliphatic hydroxyl groups excluding tert-OH is 1. The molecule has 0 aliphatic carbocycles. The molecule has 1 aromatic heterocycles. The van der Waals surface area contributed by atoms with Crippen LogP contribution in [0, 0.1) is 6.92 Å². The van der Waals surface area contributed by atoms with Crippen molar-refractivity contribution in [1.82, 2.24) is 15.0 Å². The molecule has 2 N–H and O–H groups in total. The minimum absolute atomic E-state index is 0.118. The van der Waals surface area contributed by atoms with E-state index in [1.165, 1.54) is 7.11 Å². The third kappa shape index (κ3) is 4.27. The molecular weight excluding hydrogens is 403 g/mol. The van der Waals surface area contributed by atoms with Crippen molar-refractivity contribution in [2.45, 2.75) is 20.1 Å². The van der Waals surface area contributed by atoms with Crippen molar-refractivity contribution in [1.29, 1.82) is 0 Å². The molecular formula is C19H18Cl2N4O3. The Hall–Kier alpha value is -2.61. The Morgan fingerprint density at radius 1 is 1.18 bits per heavy atom. The van der Waals surface area contributed by atoms with Gasteiger partial charge in [0, 0.05) is 0 Å². The molecule has 3 rings (SSSR count). The van der Waals surface area contributed by atoms with Crippen molar-refractivity contribution in [3.05, 3.63) is 69.0 Å². The number of ether oxygens (including phenoxy) is 1. The van der Waals surface area contributed by atoms with Crippen LogP contribution in [0.15, 0.2) is 36.4 Å². The molecule has 146 valence electrons. The van der Waals surface area contributed by atoms with E-state index >= 15 is 0 Å². The number of nitrogens with one attached hydrogen (secondary N) is 1. The smallest absolute Gasteiger partial charge is 0.278 e. The third-order valence-corrected chi connectivity index (χ3v) is 4.95. The minimum Gasteiger partial charge on any atom is -0.495 e. The summed E-state index contributed by atoms with van der Waals surface area (Å²) in [4.78, 5) is 12.7. The van der Waals surface area contributed by atoms with Crippen molar-refractivity contribution in [3.8, 4) is 5.75 Å². The van der Waals surface area contributed by atoms with Crippen LogP contribution in [-0.4, -0.2) is 33.1 Å². The van der Waals surface area contributed by atoms with Crippen LogP contribution in [0.25, 0.3) is 0 Å². The van der Waals surface area contributed by atoms with Gasteiger partial charge in [-0.15, -0.1) is 5.10 Å². The number of aromatic nitrogens is 3. The molecule has 0 aliphatic heterocycles. The highest BCUT2D eigenvalue weighted by molar-refractivity contribution is 6.42. The van der Waals surface area contributed by atoms with Crippen LogP contribution >= 0.6 is 23.2 Å². The Labute approximate surface area is 171 Å². The monoisotopic (exact) mass is 420 g/mol. The number of aliphatic hydroxyl groups is 1. The fourth-order valence-electron chi connectivity index (χ4n) is 2.65. The second-order valence-corrected chi connectivity index (χ2v) is 6.89. The van der Waals surface area contributed by atoms with Crippen molar-refractivity contribution >= 4 is 34.8 Å². The first-order valence-corrected chi connectivity index (χ1v) is 9.11. The number of nitrogens with zero attached hydrogens (tertiary/aromatic N) is 3. The highest BCUT2D eigenvalue weighted by Crippen LogP contribution is 2.26. The Morgan fingerprint density at radius 3 is 2.61 bits per heavy atom. The molecule has 0 fully saturated rings. The lowest BCUT2D eigenvalue weighted by Crippen LogP contribution is -2.15. The standard InChI is InChI=1S/C19H18Cl2N4O3/c1-11-18(19(27)22-16-6-4-13(10-26)8-17(16)28-2)23-24-25(11)9-12-3-5-14(20)15(21)7-12/h3-8,26H,9-10H2,1-2H3,(H,22,27). The van der Waals surface area contributed by atoms with Crippen LogP contribution in [-0.2, 0) is 13.2 Å². The van der Waals surface area contributed by atoms with Crippen molar-refractivity contribution in [2.24, 2.45) is 0 Å². The normalized spacial score (nSPS) is 10.8. The lowest BCUT2D eigenvalue weighted by molar-refractivity contribution is 0.102. The number of carbonyl (C=O) groups is 1. The van der Waals surface area contributed by atoms with E-state index in [0.717, 1.165) is 5.56 Å². The summed E-state index contributed by atoms with van der Waals surface area (Å²) in [6, 6.07) is 10.3. The number of rotatable bonds is 6. The predicted molar refractivity (Wildman–Crippen MR) is 107 cm³/mol. The number of halogens is 2. The van der Waals surface area contributed by atoms with E-state index < -0.39 is 5.91 Å². The number of hydrogen-bond acceptors (Lipinski definition) is 5. The van der Waals surface area contributed by atoms with E-state index in [4.69, 9.17) is 27.9 Å². The molecule has 1 amide bonds. The molecule has 0 spiro atoms. The molecule has 0 radical (unpaired) electrons. The molecule has 0 saturated carbocycles. The highest BCUT2D eigenvalue weighted by Gasteiger charge is 2.18. The van der Waals surface area contributed by atoms with Gasteiger partial charge in [0.15, 0.2) is 5.69 Å². The van der Waals surface area contributed by atoms with Crippen LogP contribution in [0.5, 0.6) is 5.75 Å². The third-order valence-electron chi connectivity index (χ3n) is 4.21. The van der Waals surface area contributed by atoms with Gasteiger partial charge in [0.25, 0.3) is 5.91 Å². The summed E-state index contributed by atoms with van der Waals surface area (Å²) < 4.78 is 6.88. The minimum atomic E-state index is -0.409. The summed E-state index contributed by atoms with van der Waals surface area (Å²) in [5.74, 6) is 0.0358. The summed E-state index contributed by atoms with van der Waals surface area (Å²) in [5, 5.41) is 21.0. The van der Waals surface area contributed by atoms with Gasteiger partial charge in [-0.25, -0.2) is 4.68 Å². The number of carbonyl (C=O) groups excluding carboxylic acids is 1. The zero-order valence-electron chi connectivity index (χ0n) is 15.2. The quantitative estimate of drug-likeness (QED) is 0.634. The number of hydrogen-bond donors (Lipinski definition) is 2. The number of benzene rings is 2. The summed E-state index contributed by atoms with van der Waals surface area (Å²) >= 11 is 12.0. The maximum Gasteiger partial charge on any atom is 0.278 e. The molecule has 0 saturated heterocycles.